The van der Waals surface area contributed by atoms with E-state index in [1.807, 2.05) is 30.3 Å². The number of carbonyl (C=O) groups is 2. The van der Waals surface area contributed by atoms with E-state index in [0.29, 0.717) is 0 Å². The first kappa shape index (κ1) is 20.6. The number of benzene rings is 1. The number of hydrogen-bond donors (Lipinski definition) is 2. The first-order valence-electron chi connectivity index (χ1n) is 7.32. The van der Waals surface area contributed by atoms with Crippen molar-refractivity contribution in [1.82, 2.24) is 5.01 Å². The van der Waals surface area contributed by atoms with Crippen LogP contribution in [0.3, 0.4) is 0 Å². The second-order valence-electron chi connectivity index (χ2n) is 5.95. The van der Waals surface area contributed by atoms with E-state index in [2.05, 4.69) is 5.10 Å². The van der Waals surface area contributed by atoms with Crippen molar-refractivity contribution in [1.29, 1.82) is 0 Å². The van der Waals surface area contributed by atoms with Crippen molar-refractivity contribution in [2.24, 2.45) is 10.5 Å². The van der Waals surface area contributed by atoms with Crippen LogP contribution in [0.1, 0.15) is 31.9 Å². The summed E-state index contributed by atoms with van der Waals surface area (Å²) in [4.78, 5) is 21.2. The van der Waals surface area contributed by atoms with Crippen LogP contribution in [-0.2, 0) is 9.59 Å². The van der Waals surface area contributed by atoms with Gasteiger partial charge in [0.2, 0.25) is 0 Å². The van der Waals surface area contributed by atoms with Crippen LogP contribution in [0.4, 0.5) is 13.2 Å². The summed E-state index contributed by atoms with van der Waals surface area (Å²) in [7, 11) is 0. The van der Waals surface area contributed by atoms with Gasteiger partial charge in [-0.25, -0.2) is 9.80 Å². The molecule has 6 nitrogen and oxygen atoms in total. The number of aliphatic carboxylic acids is 1. The smallest absolute Gasteiger partial charge is 0.475 e. The largest absolute Gasteiger partial charge is 0.490 e. The number of rotatable bonds is 3. The Morgan fingerprint density at radius 2 is 1.76 bits per heavy atom. The van der Waals surface area contributed by atoms with Crippen LogP contribution < -0.4 is 0 Å². The zero-order valence-electron chi connectivity index (χ0n) is 13.7. The third-order valence-corrected chi connectivity index (χ3v) is 3.44. The van der Waals surface area contributed by atoms with Gasteiger partial charge in [-0.3, -0.25) is 4.79 Å². The quantitative estimate of drug-likeness (QED) is 0.867. The second-order valence-corrected chi connectivity index (χ2v) is 5.95. The van der Waals surface area contributed by atoms with E-state index in [1.165, 1.54) is 5.01 Å². The van der Waals surface area contributed by atoms with Gasteiger partial charge in [0.05, 0.1) is 18.1 Å². The Hall–Kier alpha value is -2.42. The molecular formula is C16H19F3N2O4. The highest BCUT2D eigenvalue weighted by Crippen LogP contribution is 2.32. The van der Waals surface area contributed by atoms with E-state index in [-0.39, 0.29) is 18.6 Å². The average Bonchev–Trinajstić information content (AvgIpc) is 3.04. The van der Waals surface area contributed by atoms with E-state index in [0.717, 1.165) is 12.0 Å². The summed E-state index contributed by atoms with van der Waals surface area (Å²) in [6, 6.07) is 9.78. The van der Waals surface area contributed by atoms with E-state index in [1.54, 1.807) is 20.1 Å². The molecule has 25 heavy (non-hydrogen) atoms. The lowest BCUT2D eigenvalue weighted by molar-refractivity contribution is -0.192. The molecule has 0 aliphatic carbocycles. The SMILES string of the molecule is CC(C)(CO)C(=O)N1N=CCC1c1ccccc1.O=C(O)C(F)(F)F. The third-order valence-electron chi connectivity index (χ3n) is 3.44. The Balaban J connectivity index is 0.000000381. The van der Waals surface area contributed by atoms with Crippen LogP contribution in [0.5, 0.6) is 0 Å². The van der Waals surface area contributed by atoms with Crippen molar-refractivity contribution in [2.75, 3.05) is 6.61 Å². The maximum Gasteiger partial charge on any atom is 0.490 e. The number of amides is 1. The maximum absolute atomic E-state index is 12.3. The molecule has 0 bridgehead atoms. The van der Waals surface area contributed by atoms with Crippen molar-refractivity contribution in [3.05, 3.63) is 35.9 Å². The number of carboxylic acids is 1. The number of hydrogen-bond acceptors (Lipinski definition) is 4. The van der Waals surface area contributed by atoms with Crippen molar-refractivity contribution in [3.8, 4) is 0 Å². The van der Waals surface area contributed by atoms with E-state index < -0.39 is 17.6 Å². The number of aliphatic hydroxyl groups is 1. The lowest BCUT2D eigenvalue weighted by Crippen LogP contribution is -2.40. The summed E-state index contributed by atoms with van der Waals surface area (Å²) in [5, 5.41) is 22.1. The molecule has 138 valence electrons. The molecule has 0 saturated heterocycles. The van der Waals surface area contributed by atoms with E-state index >= 15 is 0 Å². The van der Waals surface area contributed by atoms with Crippen LogP contribution in [0, 0.1) is 5.41 Å². The van der Waals surface area contributed by atoms with Gasteiger partial charge in [0.1, 0.15) is 0 Å². The van der Waals surface area contributed by atoms with Crippen molar-refractivity contribution in [2.45, 2.75) is 32.5 Å². The van der Waals surface area contributed by atoms with Crippen molar-refractivity contribution >= 4 is 18.1 Å². The lowest BCUT2D eigenvalue weighted by atomic mass is 9.92. The Labute approximate surface area is 142 Å². The van der Waals surface area contributed by atoms with Gasteiger partial charge >= 0.3 is 12.1 Å². The molecule has 0 saturated carbocycles. The standard InChI is InChI=1S/C14H18N2O2.C2HF3O2/c1-14(2,10-17)13(18)16-12(8-9-15-16)11-6-4-3-5-7-11;3-2(4,5)1(6)7/h3-7,9,12,17H,8,10H2,1-2H3;(H,6,7). The van der Waals surface area contributed by atoms with Gasteiger partial charge in [0.15, 0.2) is 0 Å². The van der Waals surface area contributed by atoms with Gasteiger partial charge in [0, 0.05) is 12.6 Å². The molecule has 1 unspecified atom stereocenters. The number of alkyl halides is 3. The monoisotopic (exact) mass is 360 g/mol. The molecule has 1 aromatic carbocycles. The highest BCUT2D eigenvalue weighted by molar-refractivity contribution is 5.84. The summed E-state index contributed by atoms with van der Waals surface area (Å²) < 4.78 is 31.7. The maximum atomic E-state index is 12.3. The van der Waals surface area contributed by atoms with Crippen LogP contribution in [0.25, 0.3) is 0 Å². The number of hydrazone groups is 1. The number of halogens is 3. The average molecular weight is 360 g/mol. The zero-order chi connectivity index (χ0) is 19.3. The topological polar surface area (TPSA) is 90.2 Å². The Kier molecular flexibility index (Phi) is 6.69. The number of carboxylic acid groups (broad SMARTS) is 1. The molecule has 1 amide bonds. The van der Waals surface area contributed by atoms with Gasteiger partial charge < -0.3 is 10.2 Å². The molecule has 2 rings (SSSR count). The summed E-state index contributed by atoms with van der Waals surface area (Å²) in [5.74, 6) is -2.90. The molecule has 1 aromatic rings. The second kappa shape index (κ2) is 8.11. The first-order valence-corrected chi connectivity index (χ1v) is 7.32. The number of carbonyl (C=O) groups excluding carboxylic acids is 1. The Morgan fingerprint density at radius 3 is 2.20 bits per heavy atom. The molecular weight excluding hydrogens is 341 g/mol. The Bertz CT molecular complexity index is 630. The molecule has 9 heteroatoms. The van der Waals surface area contributed by atoms with Gasteiger partial charge in [-0.2, -0.15) is 18.3 Å². The zero-order valence-corrected chi connectivity index (χ0v) is 13.7. The molecule has 0 radical (unpaired) electrons. The molecule has 0 aromatic heterocycles. The van der Waals surface area contributed by atoms with Gasteiger partial charge in [-0.1, -0.05) is 30.3 Å². The molecule has 2 N–H and O–H groups in total. The van der Waals surface area contributed by atoms with Crippen LogP contribution in [0.15, 0.2) is 35.4 Å². The van der Waals surface area contributed by atoms with Crippen molar-refractivity contribution < 1.29 is 33.0 Å². The fourth-order valence-corrected chi connectivity index (χ4v) is 1.94. The molecule has 0 spiro atoms. The molecule has 1 heterocycles. The number of aliphatic hydroxyl groups excluding tert-OH is 1. The van der Waals surface area contributed by atoms with Crippen LogP contribution in [0.2, 0.25) is 0 Å². The fraction of sp³-hybridized carbons (Fsp3) is 0.438. The highest BCUT2D eigenvalue weighted by atomic mass is 19.4. The van der Waals surface area contributed by atoms with E-state index in [9.17, 15) is 23.1 Å². The van der Waals surface area contributed by atoms with Gasteiger partial charge in [-0.05, 0) is 19.4 Å². The van der Waals surface area contributed by atoms with Crippen molar-refractivity contribution in [3.63, 3.8) is 0 Å². The minimum atomic E-state index is -5.08. The summed E-state index contributed by atoms with van der Waals surface area (Å²) >= 11 is 0. The molecule has 0 fully saturated rings. The predicted octanol–water partition coefficient (Wildman–Crippen LogP) is 2.60. The van der Waals surface area contributed by atoms with Gasteiger partial charge in [-0.15, -0.1) is 0 Å². The highest BCUT2D eigenvalue weighted by Gasteiger charge is 2.38. The normalized spacial score (nSPS) is 17.0. The van der Waals surface area contributed by atoms with Crippen LogP contribution >= 0.6 is 0 Å². The minimum Gasteiger partial charge on any atom is -0.475 e. The van der Waals surface area contributed by atoms with Crippen LogP contribution in [-0.4, -0.2) is 46.1 Å². The fourth-order valence-electron chi connectivity index (χ4n) is 1.94. The number of nitrogens with zero attached hydrogens (tertiary/aromatic N) is 2. The molecule has 1 aliphatic heterocycles. The minimum absolute atomic E-state index is 0.0514. The first-order chi connectivity index (χ1) is 11.5. The molecule has 1 aliphatic rings. The summed E-state index contributed by atoms with van der Waals surface area (Å²) in [6.45, 7) is 3.27. The third kappa shape index (κ3) is 5.56. The molecule has 1 atom stereocenters. The predicted molar refractivity (Wildman–Crippen MR) is 83.7 cm³/mol. The lowest BCUT2D eigenvalue weighted by Gasteiger charge is -2.29. The summed E-state index contributed by atoms with van der Waals surface area (Å²) in [6.07, 6.45) is -2.61. The Morgan fingerprint density at radius 1 is 1.24 bits per heavy atom. The van der Waals surface area contributed by atoms with Gasteiger partial charge in [0.25, 0.3) is 5.91 Å². The summed E-state index contributed by atoms with van der Waals surface area (Å²) in [5.41, 5.74) is 0.270. The van der Waals surface area contributed by atoms with E-state index in [4.69, 9.17) is 9.90 Å².